The number of carbonyl (C=O) groups is 2. The molecule has 0 bridgehead atoms. The number of hydrogen-bond donors (Lipinski definition) is 2. The molecule has 0 aliphatic heterocycles. The molecule has 2 fully saturated rings. The van der Waals surface area contributed by atoms with Crippen LogP contribution in [-0.2, 0) is 22.4 Å². The fraction of sp³-hybridized carbons (Fsp3) is 0.636. The van der Waals surface area contributed by atoms with Crippen molar-refractivity contribution in [2.24, 2.45) is 29.6 Å². The molecule has 4 nitrogen and oxygen atoms in total. The smallest absolute Gasteiger partial charge is 0.304 e. The van der Waals surface area contributed by atoms with Gasteiger partial charge in [-0.2, -0.15) is 0 Å². The average molecular weight is 356 g/mol. The maximum absolute atomic E-state index is 12.9. The second-order valence-electron chi connectivity index (χ2n) is 8.68. The third-order valence-electron chi connectivity index (χ3n) is 7.34. The van der Waals surface area contributed by atoms with Gasteiger partial charge in [-0.05, 0) is 78.5 Å². The van der Waals surface area contributed by atoms with Crippen LogP contribution < -0.4 is 0 Å². The lowest BCUT2D eigenvalue weighted by Crippen LogP contribution is -2.40. The highest BCUT2D eigenvalue weighted by molar-refractivity contribution is 5.89. The van der Waals surface area contributed by atoms with Gasteiger partial charge in [-0.25, -0.2) is 0 Å². The molecule has 26 heavy (non-hydrogen) atoms. The summed E-state index contributed by atoms with van der Waals surface area (Å²) in [6.45, 7) is 4.23. The highest BCUT2D eigenvalue weighted by Crippen LogP contribution is 2.57. The molecule has 0 aromatic heterocycles. The number of carbonyl (C=O) groups excluding carboxylic acids is 1. The van der Waals surface area contributed by atoms with Gasteiger partial charge in [-0.3, -0.25) is 9.59 Å². The summed E-state index contributed by atoms with van der Waals surface area (Å²) < 4.78 is 0. The van der Waals surface area contributed by atoms with Crippen molar-refractivity contribution in [3.63, 3.8) is 0 Å². The maximum atomic E-state index is 12.9. The van der Waals surface area contributed by atoms with Crippen LogP contribution in [0.4, 0.5) is 0 Å². The number of aryl methyl sites for hydroxylation is 2. The number of carboxylic acid groups (broad SMARTS) is 1. The average Bonchev–Trinajstić information content (AvgIpc) is 2.91. The van der Waals surface area contributed by atoms with Crippen LogP contribution in [0.15, 0.2) is 12.1 Å². The largest absolute Gasteiger partial charge is 0.508 e. The molecule has 0 heterocycles. The van der Waals surface area contributed by atoms with E-state index in [1.807, 2.05) is 6.07 Å². The minimum atomic E-state index is -0.858. The molecule has 4 rings (SSSR count). The zero-order chi connectivity index (χ0) is 18.6. The second kappa shape index (κ2) is 6.40. The number of rotatable bonds is 3. The van der Waals surface area contributed by atoms with Gasteiger partial charge in [-0.15, -0.1) is 0 Å². The van der Waals surface area contributed by atoms with E-state index in [2.05, 4.69) is 19.9 Å². The molecule has 0 spiro atoms. The van der Waals surface area contributed by atoms with Crippen molar-refractivity contribution in [2.75, 3.05) is 0 Å². The number of ketones is 1. The van der Waals surface area contributed by atoms with E-state index >= 15 is 0 Å². The highest BCUT2D eigenvalue weighted by Gasteiger charge is 2.54. The Morgan fingerprint density at radius 1 is 1.23 bits per heavy atom. The van der Waals surface area contributed by atoms with E-state index in [-0.39, 0.29) is 24.0 Å². The predicted molar refractivity (Wildman–Crippen MR) is 98.2 cm³/mol. The SMILES string of the molecule is CCc1cc2c(cc1O)CCC1C2C[C@@H](C)C2C(=O)C(CC(=O)O)CC12. The quantitative estimate of drug-likeness (QED) is 0.860. The molecule has 1 aromatic rings. The number of aromatic hydroxyl groups is 1. The van der Waals surface area contributed by atoms with Gasteiger partial charge in [0.25, 0.3) is 0 Å². The first-order valence-electron chi connectivity index (χ1n) is 10.0. The van der Waals surface area contributed by atoms with Gasteiger partial charge in [0.2, 0.25) is 0 Å². The van der Waals surface area contributed by atoms with Crippen LogP contribution in [-0.4, -0.2) is 22.0 Å². The van der Waals surface area contributed by atoms with Crippen molar-refractivity contribution in [2.45, 2.75) is 58.3 Å². The summed E-state index contributed by atoms with van der Waals surface area (Å²) >= 11 is 0. The zero-order valence-corrected chi connectivity index (χ0v) is 15.6. The monoisotopic (exact) mass is 356 g/mol. The van der Waals surface area contributed by atoms with Crippen LogP contribution in [0.3, 0.4) is 0 Å². The number of aliphatic carboxylic acids is 1. The van der Waals surface area contributed by atoms with Crippen molar-refractivity contribution in [1.29, 1.82) is 0 Å². The Morgan fingerprint density at radius 2 is 2.00 bits per heavy atom. The molecule has 0 saturated heterocycles. The Kier molecular flexibility index (Phi) is 4.32. The molecule has 6 atom stereocenters. The minimum Gasteiger partial charge on any atom is -0.508 e. The fourth-order valence-electron chi connectivity index (χ4n) is 6.27. The van der Waals surface area contributed by atoms with Gasteiger partial charge in [0.15, 0.2) is 0 Å². The number of carboxylic acids is 1. The lowest BCUT2D eigenvalue weighted by atomic mass is 9.57. The predicted octanol–water partition coefficient (Wildman–Crippen LogP) is 3.94. The van der Waals surface area contributed by atoms with Crippen LogP contribution >= 0.6 is 0 Å². The van der Waals surface area contributed by atoms with E-state index in [4.69, 9.17) is 5.11 Å². The van der Waals surface area contributed by atoms with Crippen LogP contribution in [0, 0.1) is 29.6 Å². The normalized spacial score (nSPS) is 35.5. The molecular formula is C22H28O4. The Bertz CT molecular complexity index is 753. The second-order valence-corrected chi connectivity index (χ2v) is 8.68. The highest BCUT2D eigenvalue weighted by atomic mass is 16.4. The van der Waals surface area contributed by atoms with E-state index in [1.165, 1.54) is 11.1 Å². The van der Waals surface area contributed by atoms with E-state index in [9.17, 15) is 14.7 Å². The number of phenols is 1. The molecule has 0 amide bonds. The summed E-state index contributed by atoms with van der Waals surface area (Å²) in [4.78, 5) is 24.0. The van der Waals surface area contributed by atoms with Gasteiger partial charge in [0.05, 0.1) is 6.42 Å². The summed E-state index contributed by atoms with van der Waals surface area (Å²) in [7, 11) is 0. The minimum absolute atomic E-state index is 0.0135. The lowest BCUT2D eigenvalue weighted by molar-refractivity contribution is -0.140. The summed E-state index contributed by atoms with van der Waals surface area (Å²) in [5, 5.41) is 19.4. The van der Waals surface area contributed by atoms with E-state index in [1.54, 1.807) is 0 Å². The number of hydrogen-bond acceptors (Lipinski definition) is 3. The molecule has 1 aromatic carbocycles. The lowest BCUT2D eigenvalue weighted by Gasteiger charge is -2.46. The summed E-state index contributed by atoms with van der Waals surface area (Å²) in [5.74, 6) is 1.05. The molecule has 4 heteroatoms. The number of phenolic OH excluding ortho intramolecular Hbond substituents is 1. The van der Waals surface area contributed by atoms with E-state index in [0.717, 1.165) is 37.7 Å². The molecule has 2 N–H and O–H groups in total. The third-order valence-corrected chi connectivity index (χ3v) is 7.34. The molecule has 0 radical (unpaired) electrons. The van der Waals surface area contributed by atoms with E-state index < -0.39 is 5.97 Å². The Hall–Kier alpha value is -1.84. The molecular weight excluding hydrogens is 328 g/mol. The number of benzene rings is 1. The van der Waals surface area contributed by atoms with Gasteiger partial charge in [0.1, 0.15) is 11.5 Å². The number of Topliss-reactive ketones (excluding diaryl/α,β-unsaturated/α-hetero) is 1. The number of fused-ring (bicyclic) bond motifs is 5. The maximum Gasteiger partial charge on any atom is 0.304 e. The van der Waals surface area contributed by atoms with Crippen molar-refractivity contribution < 1.29 is 19.8 Å². The van der Waals surface area contributed by atoms with Gasteiger partial charge in [0, 0.05) is 11.8 Å². The van der Waals surface area contributed by atoms with Crippen LogP contribution in [0.5, 0.6) is 5.75 Å². The van der Waals surface area contributed by atoms with Crippen LogP contribution in [0.25, 0.3) is 0 Å². The Labute approximate surface area is 154 Å². The third kappa shape index (κ3) is 2.65. The van der Waals surface area contributed by atoms with Gasteiger partial charge in [-0.1, -0.05) is 19.9 Å². The standard InChI is InChI=1S/C22H28O4/c1-3-12-7-16-13(9-19(12)23)4-5-15-17(16)6-11(2)21-18(15)8-14(22(21)26)10-20(24)25/h7,9,11,14-15,17-18,21,23H,3-6,8,10H2,1-2H3,(H,24,25)/t11-,14?,15?,17?,18?,21?/m1/s1. The molecule has 5 unspecified atom stereocenters. The first-order chi connectivity index (χ1) is 12.4. The topological polar surface area (TPSA) is 74.6 Å². The van der Waals surface area contributed by atoms with Gasteiger partial charge >= 0.3 is 5.97 Å². The van der Waals surface area contributed by atoms with Gasteiger partial charge < -0.3 is 10.2 Å². The molecule has 140 valence electrons. The molecule has 3 aliphatic rings. The Morgan fingerprint density at radius 3 is 2.69 bits per heavy atom. The summed E-state index contributed by atoms with van der Waals surface area (Å²) in [6.07, 6.45) is 4.54. The summed E-state index contributed by atoms with van der Waals surface area (Å²) in [6, 6.07) is 4.15. The molecule has 2 saturated carbocycles. The molecule has 3 aliphatic carbocycles. The first kappa shape index (κ1) is 17.6. The van der Waals surface area contributed by atoms with E-state index in [0.29, 0.717) is 29.4 Å². The van der Waals surface area contributed by atoms with Crippen LogP contribution in [0.1, 0.15) is 62.1 Å². The fourth-order valence-corrected chi connectivity index (χ4v) is 6.27. The van der Waals surface area contributed by atoms with Crippen molar-refractivity contribution in [3.8, 4) is 5.75 Å². The Balaban J connectivity index is 1.68. The van der Waals surface area contributed by atoms with Crippen molar-refractivity contribution >= 4 is 11.8 Å². The van der Waals surface area contributed by atoms with Crippen molar-refractivity contribution in [1.82, 2.24) is 0 Å². The van der Waals surface area contributed by atoms with Crippen molar-refractivity contribution in [3.05, 3.63) is 28.8 Å². The zero-order valence-electron chi connectivity index (χ0n) is 15.6. The summed E-state index contributed by atoms with van der Waals surface area (Å²) in [5.41, 5.74) is 3.64. The first-order valence-corrected chi connectivity index (χ1v) is 10.0. The van der Waals surface area contributed by atoms with Crippen LogP contribution in [0.2, 0.25) is 0 Å².